The summed E-state index contributed by atoms with van der Waals surface area (Å²) < 4.78 is 12.0. The summed E-state index contributed by atoms with van der Waals surface area (Å²) in [7, 11) is -1.42. The molecule has 25 heavy (non-hydrogen) atoms. The van der Waals surface area contributed by atoms with E-state index in [4.69, 9.17) is 28.9 Å². The minimum Gasteiger partial charge on any atom is -0.366 e. The molecule has 0 atom stereocenters. The van der Waals surface area contributed by atoms with Gasteiger partial charge in [0, 0.05) is 0 Å². The Hall–Kier alpha value is -2.19. The molecule has 3 nitrogen and oxygen atoms in total. The molecule has 3 rings (SSSR count). The van der Waals surface area contributed by atoms with Gasteiger partial charge >= 0.3 is 7.80 Å². The first-order valence-electron chi connectivity index (χ1n) is 7.32. The van der Waals surface area contributed by atoms with Gasteiger partial charge in [0.1, 0.15) is 0 Å². The summed E-state index contributed by atoms with van der Waals surface area (Å²) in [5.41, 5.74) is 5.18. The molecule has 0 aliphatic carbocycles. The number of primary amides is 1. The maximum Gasteiger partial charge on any atom is 0.415 e. The van der Waals surface area contributed by atoms with Crippen LogP contribution in [0.3, 0.4) is 0 Å². The van der Waals surface area contributed by atoms with Crippen LogP contribution in [0.5, 0.6) is 0 Å². The smallest absolute Gasteiger partial charge is 0.366 e. The molecule has 0 spiro atoms. The van der Waals surface area contributed by atoms with Gasteiger partial charge in [-0.15, -0.1) is 0 Å². The van der Waals surface area contributed by atoms with Crippen molar-refractivity contribution in [2.75, 3.05) is 0 Å². The van der Waals surface area contributed by atoms with E-state index in [0.717, 1.165) is 10.6 Å². The van der Waals surface area contributed by atoms with Crippen molar-refractivity contribution in [3.8, 4) is 0 Å². The Morgan fingerprint density at radius 2 is 1.12 bits per heavy atom. The first-order valence-corrected chi connectivity index (χ1v) is 9.33. The van der Waals surface area contributed by atoms with Gasteiger partial charge in [-0.2, -0.15) is 0 Å². The summed E-state index contributed by atoms with van der Waals surface area (Å²) >= 11 is 11.3. The highest BCUT2D eigenvalue weighted by Gasteiger charge is 2.21. The van der Waals surface area contributed by atoms with Crippen LogP contribution in [0.1, 0.15) is 10.4 Å². The summed E-state index contributed by atoms with van der Waals surface area (Å²) in [5.74, 6) is -0.611. The number of rotatable bonds is 3. The second kappa shape index (κ2) is 9.33. The van der Waals surface area contributed by atoms with Crippen LogP contribution in [0.15, 0.2) is 78.9 Å². The fourth-order valence-electron chi connectivity index (χ4n) is 2.01. The quantitative estimate of drug-likeness (QED) is 0.666. The maximum absolute atomic E-state index is 12.0. The zero-order valence-electron chi connectivity index (χ0n) is 13.1. The van der Waals surface area contributed by atoms with Gasteiger partial charge in [0.2, 0.25) is 0 Å². The zero-order chi connectivity index (χ0) is 18.2. The minimum absolute atomic E-state index is 0.177. The van der Waals surface area contributed by atoms with Crippen LogP contribution in [0.25, 0.3) is 0 Å². The van der Waals surface area contributed by atoms with Gasteiger partial charge in [0.25, 0.3) is 5.91 Å². The molecular weight excluding hydrogens is 376 g/mol. The van der Waals surface area contributed by atoms with E-state index in [1.807, 2.05) is 60.7 Å². The molecule has 0 aromatic heterocycles. The SMILES string of the molecule is NC(=O)c1c(Cl)cccc1Cl.O=[P+](c1ccccc1)c1ccccc1. The third-order valence-corrected chi connectivity index (χ3v) is 5.35. The molecule has 0 unspecified atom stereocenters. The van der Waals surface area contributed by atoms with E-state index in [0.29, 0.717) is 0 Å². The monoisotopic (exact) mass is 390 g/mol. The zero-order valence-corrected chi connectivity index (χ0v) is 15.5. The molecule has 0 bridgehead atoms. The first kappa shape index (κ1) is 19.1. The van der Waals surface area contributed by atoms with Crippen LogP contribution in [0.4, 0.5) is 0 Å². The van der Waals surface area contributed by atoms with E-state index in [2.05, 4.69) is 0 Å². The lowest BCUT2D eigenvalue weighted by molar-refractivity contribution is 0.100. The highest BCUT2D eigenvalue weighted by molar-refractivity contribution is 7.61. The Labute approximate surface area is 157 Å². The van der Waals surface area contributed by atoms with Crippen LogP contribution in [-0.4, -0.2) is 5.91 Å². The minimum atomic E-state index is -1.42. The topological polar surface area (TPSA) is 60.2 Å². The van der Waals surface area contributed by atoms with Crippen molar-refractivity contribution >= 4 is 47.5 Å². The average molecular weight is 391 g/mol. The Bertz CT molecular complexity index is 809. The summed E-state index contributed by atoms with van der Waals surface area (Å²) in [4.78, 5) is 10.7. The number of hydrogen-bond donors (Lipinski definition) is 1. The Morgan fingerprint density at radius 3 is 1.44 bits per heavy atom. The lowest BCUT2D eigenvalue weighted by Gasteiger charge is -2.00. The number of halogens is 2. The summed E-state index contributed by atoms with van der Waals surface area (Å²) in [6, 6.07) is 23.8. The largest absolute Gasteiger partial charge is 0.415 e. The first-order chi connectivity index (χ1) is 12.0. The van der Waals surface area contributed by atoms with Crippen molar-refractivity contribution in [3.05, 3.63) is 94.5 Å². The maximum atomic E-state index is 12.0. The lowest BCUT2D eigenvalue weighted by Crippen LogP contribution is -2.12. The molecule has 0 aliphatic rings. The third-order valence-electron chi connectivity index (χ3n) is 3.19. The fraction of sp³-hybridized carbons (Fsp3) is 0. The van der Waals surface area contributed by atoms with Crippen molar-refractivity contribution < 1.29 is 9.36 Å². The molecule has 1 amide bonds. The molecule has 3 aromatic carbocycles. The second-order valence-corrected chi connectivity index (χ2v) is 7.36. The lowest BCUT2D eigenvalue weighted by atomic mass is 10.2. The number of hydrogen-bond acceptors (Lipinski definition) is 2. The highest BCUT2D eigenvalue weighted by atomic mass is 35.5. The number of amides is 1. The Kier molecular flexibility index (Phi) is 7.15. The molecule has 126 valence electrons. The standard InChI is InChI=1S/C12H10OP.C7H5Cl2NO/c13-14(11-7-3-1-4-8-11)12-9-5-2-6-10-12;8-4-2-1-3-5(9)6(4)7(10)11/h1-10H;1-3H,(H2,10,11)/q+1;. The van der Waals surface area contributed by atoms with Gasteiger partial charge in [-0.05, 0) is 36.4 Å². The molecule has 0 aliphatic heterocycles. The normalized spacial score (nSPS) is 9.68. The number of benzene rings is 3. The predicted molar refractivity (Wildman–Crippen MR) is 105 cm³/mol. The van der Waals surface area contributed by atoms with E-state index in [-0.39, 0.29) is 15.6 Å². The molecule has 6 heteroatoms. The van der Waals surface area contributed by atoms with E-state index >= 15 is 0 Å². The van der Waals surface area contributed by atoms with E-state index in [1.165, 1.54) is 0 Å². The molecule has 0 saturated carbocycles. The summed E-state index contributed by atoms with van der Waals surface area (Å²) in [6.45, 7) is 0. The van der Waals surface area contributed by atoms with Crippen molar-refractivity contribution in [2.24, 2.45) is 5.73 Å². The van der Waals surface area contributed by atoms with Gasteiger partial charge in [-0.1, -0.05) is 70.2 Å². The number of nitrogens with two attached hydrogens (primary N) is 1. The van der Waals surface area contributed by atoms with Crippen LogP contribution in [0.2, 0.25) is 10.0 Å². The van der Waals surface area contributed by atoms with Crippen molar-refractivity contribution in [1.29, 1.82) is 0 Å². The summed E-state index contributed by atoms with van der Waals surface area (Å²) in [5, 5.41) is 2.33. The van der Waals surface area contributed by atoms with Crippen molar-refractivity contribution in [1.82, 2.24) is 0 Å². The van der Waals surface area contributed by atoms with Crippen LogP contribution >= 0.6 is 31.0 Å². The van der Waals surface area contributed by atoms with Crippen LogP contribution in [-0.2, 0) is 4.57 Å². The summed E-state index contributed by atoms with van der Waals surface area (Å²) in [6.07, 6.45) is 0. The fourth-order valence-corrected chi connectivity index (χ4v) is 3.78. The van der Waals surface area contributed by atoms with Crippen molar-refractivity contribution in [3.63, 3.8) is 0 Å². The Morgan fingerprint density at radius 1 is 0.720 bits per heavy atom. The Balaban J connectivity index is 0.000000186. The molecule has 0 fully saturated rings. The van der Waals surface area contributed by atoms with E-state index in [1.54, 1.807) is 18.2 Å². The molecule has 0 heterocycles. The molecule has 3 aromatic rings. The third kappa shape index (κ3) is 5.40. The van der Waals surface area contributed by atoms with Crippen molar-refractivity contribution in [2.45, 2.75) is 0 Å². The van der Waals surface area contributed by atoms with Gasteiger partial charge in [-0.3, -0.25) is 4.79 Å². The van der Waals surface area contributed by atoms with Gasteiger partial charge < -0.3 is 5.73 Å². The molecule has 2 N–H and O–H groups in total. The van der Waals surface area contributed by atoms with Gasteiger partial charge in [0.15, 0.2) is 10.6 Å². The average Bonchev–Trinajstić information content (AvgIpc) is 2.63. The van der Waals surface area contributed by atoms with Gasteiger partial charge in [0.05, 0.1) is 15.6 Å². The predicted octanol–water partition coefficient (Wildman–Crippen LogP) is 4.56. The molecule has 0 radical (unpaired) electrons. The number of carbonyl (C=O) groups excluding carboxylic acids is 1. The second-order valence-electron chi connectivity index (χ2n) is 4.93. The van der Waals surface area contributed by atoms with Crippen LogP contribution < -0.4 is 16.3 Å². The van der Waals surface area contributed by atoms with E-state index in [9.17, 15) is 9.36 Å². The van der Waals surface area contributed by atoms with Crippen LogP contribution in [0, 0.1) is 0 Å². The van der Waals surface area contributed by atoms with E-state index < -0.39 is 13.7 Å². The number of carbonyl (C=O) groups is 1. The molecular formula is C19H15Cl2NO2P+. The highest BCUT2D eigenvalue weighted by Crippen LogP contribution is 2.23. The molecule has 0 saturated heterocycles. The van der Waals surface area contributed by atoms with Gasteiger partial charge in [-0.25, -0.2) is 0 Å².